The zero-order chi connectivity index (χ0) is 23.5. The maximum Gasteiger partial charge on any atom is 0.264 e. The van der Waals surface area contributed by atoms with Gasteiger partial charge in [0.1, 0.15) is 6.61 Å². The lowest BCUT2D eigenvalue weighted by atomic mass is 9.89. The molecule has 0 fully saturated rings. The van der Waals surface area contributed by atoms with Crippen LogP contribution in [0.15, 0.2) is 72.9 Å². The Hall–Kier alpha value is -4.13. The summed E-state index contributed by atoms with van der Waals surface area (Å²) in [5, 5.41) is 4.15. The second kappa shape index (κ2) is 9.39. The lowest BCUT2D eigenvalue weighted by Crippen LogP contribution is -2.45. The Balaban J connectivity index is 1.45. The van der Waals surface area contributed by atoms with E-state index in [1.807, 2.05) is 60.8 Å². The molecule has 0 aliphatic carbocycles. The Labute approximate surface area is 197 Å². The van der Waals surface area contributed by atoms with Gasteiger partial charge in [-0.3, -0.25) is 4.79 Å². The third-order valence-corrected chi connectivity index (χ3v) is 6.09. The van der Waals surface area contributed by atoms with E-state index in [1.165, 1.54) is 0 Å². The summed E-state index contributed by atoms with van der Waals surface area (Å²) >= 11 is 0. The van der Waals surface area contributed by atoms with Crippen LogP contribution >= 0.6 is 0 Å². The average Bonchev–Trinajstić information content (AvgIpc) is 3.32. The molecule has 1 amide bonds. The topological polar surface area (TPSA) is 81.8 Å². The normalized spacial score (nSPS) is 15.5. The van der Waals surface area contributed by atoms with E-state index in [0.717, 1.165) is 22.0 Å². The van der Waals surface area contributed by atoms with Gasteiger partial charge in [0, 0.05) is 35.1 Å². The van der Waals surface area contributed by atoms with Crippen molar-refractivity contribution in [2.45, 2.75) is 12.0 Å². The number of rotatable bonds is 7. The van der Waals surface area contributed by atoms with Crippen molar-refractivity contribution in [1.82, 2.24) is 10.3 Å². The first-order valence-corrected chi connectivity index (χ1v) is 11.1. The fourth-order valence-corrected chi connectivity index (χ4v) is 4.42. The molecule has 0 saturated carbocycles. The molecule has 3 aromatic carbocycles. The fourth-order valence-electron chi connectivity index (χ4n) is 4.42. The monoisotopic (exact) mass is 458 g/mol. The van der Waals surface area contributed by atoms with Crippen molar-refractivity contribution in [2.24, 2.45) is 0 Å². The van der Waals surface area contributed by atoms with E-state index in [0.29, 0.717) is 29.5 Å². The first kappa shape index (κ1) is 21.7. The Bertz CT molecular complexity index is 1320. The number of nitrogens with one attached hydrogen (secondary N) is 2. The van der Waals surface area contributed by atoms with Crippen molar-refractivity contribution >= 4 is 16.8 Å². The smallest absolute Gasteiger partial charge is 0.264 e. The first-order valence-electron chi connectivity index (χ1n) is 11.1. The quantitative estimate of drug-likeness (QED) is 0.432. The summed E-state index contributed by atoms with van der Waals surface area (Å²) in [5.74, 6) is 2.06. The van der Waals surface area contributed by atoms with E-state index in [1.54, 1.807) is 20.3 Å². The Kier molecular flexibility index (Phi) is 5.99. The fraction of sp³-hybridized carbons (Fsp3) is 0.222. The van der Waals surface area contributed by atoms with Gasteiger partial charge in [-0.2, -0.15) is 0 Å². The number of carbonyl (C=O) groups is 1. The molecule has 34 heavy (non-hydrogen) atoms. The molecule has 1 aromatic heterocycles. The van der Waals surface area contributed by atoms with Crippen LogP contribution in [0.1, 0.15) is 17.0 Å². The maximum atomic E-state index is 13.1. The molecule has 0 unspecified atom stereocenters. The second-order valence-electron chi connectivity index (χ2n) is 8.03. The number of aromatic nitrogens is 1. The van der Waals surface area contributed by atoms with Gasteiger partial charge >= 0.3 is 0 Å². The minimum Gasteiger partial charge on any atom is -0.493 e. The molecule has 4 aromatic rings. The zero-order valence-electron chi connectivity index (χ0n) is 19.0. The van der Waals surface area contributed by atoms with Gasteiger partial charge in [-0.25, -0.2) is 0 Å². The molecule has 174 valence electrons. The largest absolute Gasteiger partial charge is 0.493 e. The molecule has 1 aliphatic rings. The molecule has 2 N–H and O–H groups in total. The molecule has 7 heteroatoms. The van der Waals surface area contributed by atoms with Gasteiger partial charge in [0.2, 0.25) is 6.10 Å². The predicted octanol–water partition coefficient (Wildman–Crippen LogP) is 4.27. The van der Waals surface area contributed by atoms with Crippen LogP contribution in [0.4, 0.5) is 0 Å². The third kappa shape index (κ3) is 4.01. The van der Waals surface area contributed by atoms with E-state index < -0.39 is 6.10 Å². The van der Waals surface area contributed by atoms with Gasteiger partial charge in [0.15, 0.2) is 23.0 Å². The number of para-hydroxylation sites is 4. The lowest BCUT2D eigenvalue weighted by molar-refractivity contribution is -0.130. The van der Waals surface area contributed by atoms with Crippen LogP contribution in [0.5, 0.6) is 23.0 Å². The van der Waals surface area contributed by atoms with Crippen LogP contribution in [0.2, 0.25) is 0 Å². The molecule has 0 saturated heterocycles. The van der Waals surface area contributed by atoms with Gasteiger partial charge in [-0.15, -0.1) is 0 Å². The SMILES string of the molecule is COc1cccc([C@@H](CNC(=O)[C@H]2COc3ccccc3O2)c2c[nH]c3ccccc23)c1OC. The average molecular weight is 459 g/mol. The highest BCUT2D eigenvalue weighted by Crippen LogP contribution is 2.40. The van der Waals surface area contributed by atoms with Gasteiger partial charge in [-0.05, 0) is 29.8 Å². The van der Waals surface area contributed by atoms with Crippen LogP contribution < -0.4 is 24.3 Å². The molecule has 0 radical (unpaired) electrons. The minimum atomic E-state index is -0.731. The van der Waals surface area contributed by atoms with Crippen LogP contribution in [0.25, 0.3) is 10.9 Å². The van der Waals surface area contributed by atoms with Crippen molar-refractivity contribution in [2.75, 3.05) is 27.4 Å². The van der Waals surface area contributed by atoms with E-state index in [-0.39, 0.29) is 18.4 Å². The Morgan fingerprint density at radius 3 is 2.62 bits per heavy atom. The van der Waals surface area contributed by atoms with Crippen molar-refractivity contribution in [3.05, 3.63) is 84.1 Å². The number of H-pyrrole nitrogens is 1. The molecule has 0 spiro atoms. The standard InChI is InChI=1S/C27H26N2O5/c1-31-24-13-7-9-18(26(24)32-2)20(19-14-28-21-10-4-3-8-17(19)21)15-29-27(30)25-16-33-22-11-5-6-12-23(22)34-25/h3-14,20,25,28H,15-16H2,1-2H3,(H,29,30)/t20-,25-/m1/s1. The van der Waals surface area contributed by atoms with Crippen LogP contribution in [0, 0.1) is 0 Å². The third-order valence-electron chi connectivity index (χ3n) is 6.09. The number of fused-ring (bicyclic) bond motifs is 2. The second-order valence-corrected chi connectivity index (χ2v) is 8.03. The number of benzene rings is 3. The minimum absolute atomic E-state index is 0.156. The first-order chi connectivity index (χ1) is 16.7. The summed E-state index contributed by atoms with van der Waals surface area (Å²) in [4.78, 5) is 16.4. The van der Waals surface area contributed by atoms with E-state index in [4.69, 9.17) is 18.9 Å². The van der Waals surface area contributed by atoms with Crippen molar-refractivity contribution in [1.29, 1.82) is 0 Å². The number of carbonyl (C=O) groups excluding carboxylic acids is 1. The van der Waals surface area contributed by atoms with Crippen LogP contribution in [0.3, 0.4) is 0 Å². The van der Waals surface area contributed by atoms with E-state index in [9.17, 15) is 4.79 Å². The number of aromatic amines is 1. The van der Waals surface area contributed by atoms with Gasteiger partial charge in [0.25, 0.3) is 5.91 Å². The van der Waals surface area contributed by atoms with Crippen molar-refractivity contribution in [3.8, 4) is 23.0 Å². The summed E-state index contributed by atoms with van der Waals surface area (Å²) in [6.07, 6.45) is 1.25. The number of ether oxygens (including phenoxy) is 4. The van der Waals surface area contributed by atoms with Gasteiger partial charge < -0.3 is 29.2 Å². The highest BCUT2D eigenvalue weighted by molar-refractivity contribution is 5.85. The highest BCUT2D eigenvalue weighted by Gasteiger charge is 2.29. The molecular formula is C27H26N2O5. The number of amides is 1. The summed E-state index contributed by atoms with van der Waals surface area (Å²) in [5.41, 5.74) is 2.99. The zero-order valence-corrected chi connectivity index (χ0v) is 19.0. The molecule has 2 heterocycles. The molecule has 0 bridgehead atoms. The summed E-state index contributed by atoms with van der Waals surface area (Å²) in [6, 6.07) is 21.2. The Morgan fingerprint density at radius 1 is 1.00 bits per heavy atom. The van der Waals surface area contributed by atoms with Crippen molar-refractivity contribution < 1.29 is 23.7 Å². The molecule has 1 aliphatic heterocycles. The molecule has 7 nitrogen and oxygen atoms in total. The van der Waals surface area contributed by atoms with E-state index in [2.05, 4.69) is 16.4 Å². The summed E-state index contributed by atoms with van der Waals surface area (Å²) in [6.45, 7) is 0.495. The molecular weight excluding hydrogens is 432 g/mol. The molecule has 5 rings (SSSR count). The van der Waals surface area contributed by atoms with E-state index >= 15 is 0 Å². The van der Waals surface area contributed by atoms with Gasteiger partial charge in [-0.1, -0.05) is 42.5 Å². The number of hydrogen-bond donors (Lipinski definition) is 2. The van der Waals surface area contributed by atoms with Crippen molar-refractivity contribution in [3.63, 3.8) is 0 Å². The molecule has 2 atom stereocenters. The number of hydrogen-bond acceptors (Lipinski definition) is 5. The Morgan fingerprint density at radius 2 is 1.79 bits per heavy atom. The summed E-state index contributed by atoms with van der Waals surface area (Å²) in [7, 11) is 3.24. The van der Waals surface area contributed by atoms with Crippen LogP contribution in [-0.4, -0.2) is 44.4 Å². The lowest BCUT2D eigenvalue weighted by Gasteiger charge is -2.27. The maximum absolute atomic E-state index is 13.1. The van der Waals surface area contributed by atoms with Crippen LogP contribution in [-0.2, 0) is 4.79 Å². The predicted molar refractivity (Wildman–Crippen MR) is 129 cm³/mol. The van der Waals surface area contributed by atoms with Gasteiger partial charge in [0.05, 0.1) is 14.2 Å². The summed E-state index contributed by atoms with van der Waals surface area (Å²) < 4.78 is 22.9. The number of methoxy groups -OCH3 is 2. The highest BCUT2D eigenvalue weighted by atomic mass is 16.6.